The maximum atomic E-state index is 9.61. The summed E-state index contributed by atoms with van der Waals surface area (Å²) in [7, 11) is 0. The van der Waals surface area contributed by atoms with Crippen LogP contribution in [0.15, 0.2) is 18.2 Å². The van der Waals surface area contributed by atoms with Gasteiger partial charge in [0.25, 0.3) is 0 Å². The molecule has 4 aliphatic carbocycles. The molecular formula is C17H21BrOZn. The van der Waals surface area contributed by atoms with Crippen LogP contribution in [0, 0.1) is 23.8 Å². The normalized spacial score (nSPS) is 37.5. The second-order valence-corrected chi connectivity index (χ2v) is 6.94. The fourth-order valence-electron chi connectivity index (χ4n) is 5.53. The molecular weight excluding hydrogens is 365 g/mol. The fraction of sp³-hybridized carbons (Fsp3) is 0.647. The van der Waals surface area contributed by atoms with Gasteiger partial charge in [0, 0.05) is 6.61 Å². The first-order valence-corrected chi connectivity index (χ1v) is 14.6. The van der Waals surface area contributed by atoms with E-state index in [9.17, 15) is 5.11 Å². The third-order valence-electron chi connectivity index (χ3n) is 5.73. The van der Waals surface area contributed by atoms with E-state index >= 15 is 0 Å². The van der Waals surface area contributed by atoms with E-state index < -0.39 is 0 Å². The van der Waals surface area contributed by atoms with Crippen LogP contribution in [0.25, 0.3) is 0 Å². The van der Waals surface area contributed by atoms with Crippen molar-refractivity contribution in [1.29, 1.82) is 0 Å². The average Bonchev–Trinajstić information content (AvgIpc) is 2.48. The zero-order valence-corrected chi connectivity index (χ0v) is 16.5. The van der Waals surface area contributed by atoms with E-state index in [1.807, 2.05) is 6.07 Å². The molecule has 3 heteroatoms. The van der Waals surface area contributed by atoms with Crippen LogP contribution in [0.2, 0.25) is 0 Å². The minimum atomic E-state index is 0.186. The number of aliphatic hydroxyl groups excluding tert-OH is 1. The number of aliphatic hydroxyl groups is 1. The summed E-state index contributed by atoms with van der Waals surface area (Å²) in [6, 6.07) is 9.42. The summed E-state index contributed by atoms with van der Waals surface area (Å²) in [4.78, 5) is 0. The van der Waals surface area contributed by atoms with Crippen molar-refractivity contribution in [3.05, 3.63) is 35.4 Å². The molecule has 1 nitrogen and oxygen atoms in total. The first kappa shape index (κ1) is 15.2. The first-order chi connectivity index (χ1) is 9.79. The monoisotopic (exact) mass is 384 g/mol. The molecule has 0 atom stereocenters. The first-order valence-electron chi connectivity index (χ1n) is 7.66. The quantitative estimate of drug-likeness (QED) is 0.594. The Morgan fingerprint density at radius 1 is 1.15 bits per heavy atom. The molecule has 4 bridgehead atoms. The molecule has 0 heterocycles. The van der Waals surface area contributed by atoms with Crippen molar-refractivity contribution in [2.24, 2.45) is 17.8 Å². The van der Waals surface area contributed by atoms with Crippen LogP contribution in [-0.4, -0.2) is 5.11 Å². The second-order valence-electron chi connectivity index (χ2n) is 6.94. The molecule has 0 unspecified atom stereocenters. The molecule has 104 valence electrons. The summed E-state index contributed by atoms with van der Waals surface area (Å²) in [6.45, 7) is 0.186. The van der Waals surface area contributed by atoms with Gasteiger partial charge in [-0.05, 0) is 42.4 Å². The van der Waals surface area contributed by atoms with Crippen molar-refractivity contribution in [2.75, 3.05) is 0 Å². The van der Waals surface area contributed by atoms with Gasteiger partial charge in [-0.2, -0.15) is 24.3 Å². The Bertz CT molecular complexity index is 439. The van der Waals surface area contributed by atoms with Crippen LogP contribution in [0.1, 0.15) is 49.7 Å². The van der Waals surface area contributed by atoms with Gasteiger partial charge in [-0.15, -0.1) is 11.1 Å². The molecule has 1 aromatic carbocycles. The number of hydrogen-bond donors (Lipinski definition) is 1. The minimum absolute atomic E-state index is 0.186. The fourth-order valence-corrected chi connectivity index (χ4v) is 5.53. The summed E-state index contributed by atoms with van der Waals surface area (Å²) >= 11 is 4.25. The SMILES string of the molecule is OCc1cc[c-]cc1C12CC3CC(CC(C3)C1)C2.[Zn+][Br]. The van der Waals surface area contributed by atoms with E-state index in [2.05, 4.69) is 31.8 Å². The number of halogens is 1. The van der Waals surface area contributed by atoms with Crippen molar-refractivity contribution >= 4 is 13.6 Å². The molecule has 0 radical (unpaired) electrons. The molecule has 1 N–H and O–H groups in total. The predicted molar refractivity (Wildman–Crippen MR) is 80.0 cm³/mol. The van der Waals surface area contributed by atoms with Gasteiger partial charge in [0.1, 0.15) is 0 Å². The number of hydrogen-bond acceptors (Lipinski definition) is 1. The van der Waals surface area contributed by atoms with Crippen LogP contribution >= 0.6 is 13.6 Å². The van der Waals surface area contributed by atoms with Gasteiger partial charge < -0.3 is 5.11 Å². The van der Waals surface area contributed by atoms with E-state index in [4.69, 9.17) is 0 Å². The molecule has 5 rings (SSSR count). The predicted octanol–water partition coefficient (Wildman–Crippen LogP) is 4.29. The Morgan fingerprint density at radius 3 is 2.20 bits per heavy atom. The van der Waals surface area contributed by atoms with E-state index in [1.54, 1.807) is 0 Å². The zero-order valence-electron chi connectivity index (χ0n) is 11.9. The molecule has 0 spiro atoms. The average molecular weight is 387 g/mol. The van der Waals surface area contributed by atoms with Gasteiger partial charge in [-0.1, -0.05) is 19.3 Å². The molecule has 0 amide bonds. The van der Waals surface area contributed by atoms with Gasteiger partial charge in [0.15, 0.2) is 0 Å². The molecule has 0 aromatic heterocycles. The summed E-state index contributed by atoms with van der Waals surface area (Å²) in [5.41, 5.74) is 2.96. The molecule has 0 saturated heterocycles. The van der Waals surface area contributed by atoms with Gasteiger partial charge in [0.2, 0.25) is 0 Å². The van der Waals surface area contributed by atoms with Crippen LogP contribution < -0.4 is 0 Å². The maximum absolute atomic E-state index is 9.61. The zero-order chi connectivity index (χ0) is 14.2. The molecule has 4 aliphatic rings. The Labute approximate surface area is 138 Å². The van der Waals surface area contributed by atoms with Gasteiger partial charge >= 0.3 is 30.0 Å². The Morgan fingerprint density at radius 2 is 1.70 bits per heavy atom. The van der Waals surface area contributed by atoms with Crippen molar-refractivity contribution in [3.8, 4) is 0 Å². The molecule has 1 aromatic rings. The Hall–Kier alpha value is 0.283. The molecule has 20 heavy (non-hydrogen) atoms. The van der Waals surface area contributed by atoms with Gasteiger partial charge in [0.05, 0.1) is 0 Å². The topological polar surface area (TPSA) is 20.2 Å². The van der Waals surface area contributed by atoms with Crippen molar-refractivity contribution in [2.45, 2.75) is 50.5 Å². The second kappa shape index (κ2) is 6.18. The van der Waals surface area contributed by atoms with Crippen molar-refractivity contribution < 1.29 is 21.4 Å². The summed E-state index contributed by atoms with van der Waals surface area (Å²) < 4.78 is 0. The van der Waals surface area contributed by atoms with Crippen LogP contribution in [0.4, 0.5) is 0 Å². The number of rotatable bonds is 2. The molecule has 4 fully saturated rings. The summed E-state index contributed by atoms with van der Waals surface area (Å²) in [5.74, 6) is 2.88. The van der Waals surface area contributed by atoms with E-state index in [0.29, 0.717) is 5.41 Å². The molecule has 0 aliphatic heterocycles. The summed E-state index contributed by atoms with van der Waals surface area (Å²) in [5, 5.41) is 9.61. The van der Waals surface area contributed by atoms with E-state index in [-0.39, 0.29) is 6.61 Å². The van der Waals surface area contributed by atoms with E-state index in [0.717, 1.165) is 23.3 Å². The Balaban J connectivity index is 0.000000581. The number of benzene rings is 1. The third-order valence-corrected chi connectivity index (χ3v) is 5.73. The third kappa shape index (κ3) is 2.55. The molecule has 4 saturated carbocycles. The van der Waals surface area contributed by atoms with Crippen molar-refractivity contribution in [3.63, 3.8) is 0 Å². The van der Waals surface area contributed by atoms with Crippen LogP contribution in [0.3, 0.4) is 0 Å². The van der Waals surface area contributed by atoms with Gasteiger partial charge in [-0.25, -0.2) is 0 Å². The van der Waals surface area contributed by atoms with Gasteiger partial charge in [-0.3, -0.25) is 0 Å². The summed E-state index contributed by atoms with van der Waals surface area (Å²) in [6.07, 6.45) is 8.52. The standard InChI is InChI=1S/C17H21O.BrH.Zn/c18-11-15-3-1-2-4-16(15)17-8-12-5-13(9-17)7-14(6-12)10-17;;/h1,3-4,12-14,18H,5-11H2;1H;/q-1;;+2/p-1. The van der Waals surface area contributed by atoms with Crippen LogP contribution in [-0.2, 0) is 28.4 Å². The Kier molecular flexibility index (Phi) is 4.70. The van der Waals surface area contributed by atoms with Crippen molar-refractivity contribution in [1.82, 2.24) is 0 Å². The van der Waals surface area contributed by atoms with E-state index in [1.165, 1.54) is 60.4 Å². The van der Waals surface area contributed by atoms with Crippen LogP contribution in [0.5, 0.6) is 0 Å².